The highest BCUT2D eigenvalue weighted by molar-refractivity contribution is 7.89. The number of likely N-dealkylation sites (tertiary alicyclic amines) is 1. The second-order valence-corrected chi connectivity index (χ2v) is 10.9. The number of nitrogens with one attached hydrogen (secondary N) is 1. The van der Waals surface area contributed by atoms with Gasteiger partial charge in [-0.1, -0.05) is 18.0 Å². The van der Waals surface area contributed by atoms with Gasteiger partial charge in [-0.05, 0) is 70.0 Å². The summed E-state index contributed by atoms with van der Waals surface area (Å²) in [7, 11) is -3.80. The Balaban J connectivity index is 1.31. The van der Waals surface area contributed by atoms with Crippen molar-refractivity contribution < 1.29 is 22.2 Å². The van der Waals surface area contributed by atoms with Gasteiger partial charge in [0, 0.05) is 32.1 Å². The second-order valence-electron chi connectivity index (χ2n) is 9.04. The molecule has 9 nitrogen and oxygen atoms in total. The van der Waals surface area contributed by atoms with Crippen molar-refractivity contribution in [1.29, 1.82) is 0 Å². The third-order valence-electron chi connectivity index (χ3n) is 6.62. The van der Waals surface area contributed by atoms with Gasteiger partial charge in [0.05, 0.1) is 6.26 Å². The molecule has 2 aromatic rings. The van der Waals surface area contributed by atoms with E-state index < -0.39 is 10.0 Å². The van der Waals surface area contributed by atoms with E-state index in [9.17, 15) is 13.2 Å². The summed E-state index contributed by atoms with van der Waals surface area (Å²) in [4.78, 5) is 15.1. The molecule has 2 fully saturated rings. The fourth-order valence-electron chi connectivity index (χ4n) is 4.67. The van der Waals surface area contributed by atoms with E-state index in [2.05, 4.69) is 15.4 Å². The van der Waals surface area contributed by atoms with Crippen molar-refractivity contribution in [3.63, 3.8) is 0 Å². The minimum atomic E-state index is -3.80. The van der Waals surface area contributed by atoms with Crippen molar-refractivity contribution in [2.24, 2.45) is 5.92 Å². The second kappa shape index (κ2) is 11.3. The van der Waals surface area contributed by atoms with Crippen LogP contribution >= 0.6 is 0 Å². The van der Waals surface area contributed by atoms with Gasteiger partial charge in [0.2, 0.25) is 15.9 Å². The van der Waals surface area contributed by atoms with Crippen LogP contribution in [0.3, 0.4) is 0 Å². The van der Waals surface area contributed by atoms with Gasteiger partial charge in [-0.2, -0.15) is 4.31 Å². The van der Waals surface area contributed by atoms with Crippen molar-refractivity contribution >= 4 is 28.1 Å². The summed E-state index contributed by atoms with van der Waals surface area (Å²) in [5, 5.41) is 6.93. The summed E-state index contributed by atoms with van der Waals surface area (Å²) in [6.45, 7) is 5.92. The van der Waals surface area contributed by atoms with Gasteiger partial charge in [0.25, 0.3) is 0 Å². The zero-order valence-electron chi connectivity index (χ0n) is 19.7. The number of hydrogen-bond donors (Lipinski definition) is 1. The predicted octanol–water partition coefficient (Wildman–Crippen LogP) is 3.14. The number of nitrogens with zero attached hydrogens (tertiary/aromatic N) is 3. The van der Waals surface area contributed by atoms with Crippen LogP contribution < -0.4 is 5.32 Å². The molecule has 0 aromatic carbocycles. The van der Waals surface area contributed by atoms with E-state index in [1.165, 1.54) is 36.3 Å². The summed E-state index contributed by atoms with van der Waals surface area (Å²) >= 11 is 0. The molecular formula is C24H34N4O5S. The number of rotatable bonds is 8. The van der Waals surface area contributed by atoms with Crippen LogP contribution in [0.2, 0.25) is 0 Å². The van der Waals surface area contributed by atoms with Gasteiger partial charge in [-0.15, -0.1) is 0 Å². The van der Waals surface area contributed by atoms with Crippen molar-refractivity contribution in [1.82, 2.24) is 19.7 Å². The van der Waals surface area contributed by atoms with Crippen molar-refractivity contribution in [3.8, 4) is 0 Å². The van der Waals surface area contributed by atoms with Crippen LogP contribution in [0, 0.1) is 12.8 Å². The van der Waals surface area contributed by atoms with Crippen molar-refractivity contribution in [2.75, 3.05) is 39.3 Å². The summed E-state index contributed by atoms with van der Waals surface area (Å²) < 4.78 is 38.7. The van der Waals surface area contributed by atoms with Crippen LogP contribution in [0.5, 0.6) is 0 Å². The SMILES string of the molecule is Cc1noc(/C=C/c2ccco2)c1S(=O)(=O)N1CCC(C(=O)NCCN2CCCCCC2)CC1. The number of aromatic nitrogens is 1. The number of sulfonamides is 1. The molecule has 2 aromatic heterocycles. The zero-order valence-corrected chi connectivity index (χ0v) is 20.6. The maximum atomic E-state index is 13.4. The van der Waals surface area contributed by atoms with Gasteiger partial charge in [0.15, 0.2) is 10.7 Å². The Hall–Kier alpha value is -2.43. The molecule has 0 unspecified atom stereocenters. The lowest BCUT2D eigenvalue weighted by Crippen LogP contribution is -2.44. The van der Waals surface area contributed by atoms with Crippen LogP contribution in [-0.4, -0.2) is 68.0 Å². The van der Waals surface area contributed by atoms with Gasteiger partial charge in [0.1, 0.15) is 11.5 Å². The summed E-state index contributed by atoms with van der Waals surface area (Å²) in [6, 6.07) is 3.51. The Morgan fingerprint density at radius 1 is 1.15 bits per heavy atom. The van der Waals surface area contributed by atoms with Crippen LogP contribution in [-0.2, 0) is 14.8 Å². The minimum Gasteiger partial charge on any atom is -0.465 e. The first-order valence-corrected chi connectivity index (χ1v) is 13.6. The van der Waals surface area contributed by atoms with Crippen LogP contribution in [0.25, 0.3) is 12.2 Å². The van der Waals surface area contributed by atoms with Gasteiger partial charge >= 0.3 is 0 Å². The van der Waals surface area contributed by atoms with Gasteiger partial charge < -0.3 is 19.2 Å². The monoisotopic (exact) mass is 490 g/mol. The van der Waals surface area contributed by atoms with Gasteiger partial charge in [-0.25, -0.2) is 8.42 Å². The van der Waals surface area contributed by atoms with Crippen molar-refractivity contribution in [3.05, 3.63) is 35.6 Å². The first kappa shape index (κ1) is 24.7. The molecule has 34 heavy (non-hydrogen) atoms. The molecule has 0 radical (unpaired) electrons. The number of piperidine rings is 1. The maximum absolute atomic E-state index is 13.4. The van der Waals surface area contributed by atoms with E-state index in [1.807, 2.05) is 0 Å². The lowest BCUT2D eigenvalue weighted by Gasteiger charge is -2.30. The maximum Gasteiger partial charge on any atom is 0.248 e. The normalized spacial score (nSPS) is 19.4. The molecule has 0 atom stereocenters. The molecule has 2 aliphatic rings. The molecule has 4 rings (SSSR count). The average molecular weight is 491 g/mol. The Bertz CT molecular complexity index is 1060. The Morgan fingerprint density at radius 3 is 2.56 bits per heavy atom. The largest absolute Gasteiger partial charge is 0.465 e. The molecule has 0 aliphatic carbocycles. The molecule has 0 saturated carbocycles. The van der Waals surface area contributed by atoms with E-state index in [-0.39, 0.29) is 22.5 Å². The first-order chi connectivity index (χ1) is 16.4. The molecule has 0 spiro atoms. The lowest BCUT2D eigenvalue weighted by atomic mass is 9.97. The van der Waals surface area contributed by atoms with E-state index in [1.54, 1.807) is 31.2 Å². The molecule has 10 heteroatoms. The smallest absolute Gasteiger partial charge is 0.248 e. The summed E-state index contributed by atoms with van der Waals surface area (Å²) in [6.07, 6.45) is 10.8. The quantitative estimate of drug-likeness (QED) is 0.605. The Kier molecular flexibility index (Phi) is 8.23. The topological polar surface area (TPSA) is 109 Å². The minimum absolute atomic E-state index is 0.0232. The number of carbonyl (C=O) groups is 1. The van der Waals surface area contributed by atoms with Crippen LogP contribution in [0.15, 0.2) is 32.2 Å². The highest BCUT2D eigenvalue weighted by Crippen LogP contribution is 2.29. The van der Waals surface area contributed by atoms with E-state index >= 15 is 0 Å². The molecular weight excluding hydrogens is 456 g/mol. The summed E-state index contributed by atoms with van der Waals surface area (Å²) in [5.41, 5.74) is 0.312. The number of carbonyl (C=O) groups excluding carboxylic acids is 1. The van der Waals surface area contributed by atoms with Gasteiger partial charge in [-0.3, -0.25) is 4.79 Å². The van der Waals surface area contributed by atoms with E-state index in [0.717, 1.165) is 19.6 Å². The highest BCUT2D eigenvalue weighted by atomic mass is 32.2. The molecule has 1 amide bonds. The number of aryl methyl sites for hydroxylation is 1. The van der Waals surface area contributed by atoms with Crippen molar-refractivity contribution in [2.45, 2.75) is 50.3 Å². The Labute approximate surface area is 201 Å². The third-order valence-corrected chi connectivity index (χ3v) is 8.68. The molecule has 2 saturated heterocycles. The lowest BCUT2D eigenvalue weighted by molar-refractivity contribution is -0.126. The number of furan rings is 1. The molecule has 0 bridgehead atoms. The standard InChI is InChI=1S/C24H34N4O5S/c1-19-23(22(33-26-19)9-8-21-7-6-18-32-21)34(30,31)28-15-10-20(11-16-28)24(29)25-12-17-27-13-4-2-3-5-14-27/h6-9,18,20H,2-5,10-17H2,1H3,(H,25,29)/b9-8+. The third kappa shape index (κ3) is 5.97. The Morgan fingerprint density at radius 2 is 1.88 bits per heavy atom. The fraction of sp³-hybridized carbons (Fsp3) is 0.583. The van der Waals surface area contributed by atoms with E-state index in [0.29, 0.717) is 43.9 Å². The first-order valence-electron chi connectivity index (χ1n) is 12.1. The molecule has 2 aliphatic heterocycles. The molecule has 1 N–H and O–H groups in total. The van der Waals surface area contributed by atoms with E-state index in [4.69, 9.17) is 8.94 Å². The number of amides is 1. The molecule has 4 heterocycles. The molecule has 186 valence electrons. The average Bonchev–Trinajstić information content (AvgIpc) is 3.41. The predicted molar refractivity (Wildman–Crippen MR) is 128 cm³/mol. The number of hydrogen-bond acceptors (Lipinski definition) is 7. The van der Waals surface area contributed by atoms with Crippen LogP contribution in [0.1, 0.15) is 55.7 Å². The fourth-order valence-corrected chi connectivity index (χ4v) is 6.39. The zero-order chi connectivity index (χ0) is 24.0. The highest BCUT2D eigenvalue weighted by Gasteiger charge is 2.35. The summed E-state index contributed by atoms with van der Waals surface area (Å²) in [5.74, 6) is 0.606. The van der Waals surface area contributed by atoms with Crippen LogP contribution in [0.4, 0.5) is 0 Å².